The minimum atomic E-state index is -0.444. The molecular weight excluding hydrogens is 256 g/mol. The minimum Gasteiger partial charge on any atom is -0.494 e. The minimum absolute atomic E-state index is 0.214. The van der Waals surface area contributed by atoms with Gasteiger partial charge in [0.25, 0.3) is 0 Å². The van der Waals surface area contributed by atoms with Crippen molar-refractivity contribution in [3.63, 3.8) is 0 Å². The molecule has 0 aliphatic heterocycles. The van der Waals surface area contributed by atoms with E-state index in [1.165, 1.54) is 7.11 Å². The molecule has 0 fully saturated rings. The van der Waals surface area contributed by atoms with E-state index in [0.29, 0.717) is 11.4 Å². The van der Waals surface area contributed by atoms with E-state index in [-0.39, 0.29) is 5.92 Å². The number of hydrogen-bond donors (Lipinski definition) is 0. The van der Waals surface area contributed by atoms with Gasteiger partial charge in [0.15, 0.2) is 5.69 Å². The van der Waals surface area contributed by atoms with Crippen LogP contribution >= 0.6 is 0 Å². The highest BCUT2D eigenvalue weighted by atomic mass is 16.5. The summed E-state index contributed by atoms with van der Waals surface area (Å²) in [5, 5.41) is 4.34. The summed E-state index contributed by atoms with van der Waals surface area (Å²) in [6, 6.07) is 9.31. The number of methoxy groups -OCH3 is 2. The number of nitrogens with zero attached hydrogens (tertiary/aromatic N) is 2. The number of benzene rings is 1. The van der Waals surface area contributed by atoms with Crippen molar-refractivity contribution < 1.29 is 14.3 Å². The van der Waals surface area contributed by atoms with E-state index in [4.69, 9.17) is 9.47 Å². The molecule has 0 spiro atoms. The van der Waals surface area contributed by atoms with Crippen LogP contribution in [0.15, 0.2) is 30.3 Å². The van der Waals surface area contributed by atoms with Crippen LogP contribution in [-0.4, -0.2) is 30.0 Å². The van der Waals surface area contributed by atoms with E-state index in [0.717, 1.165) is 11.4 Å². The summed E-state index contributed by atoms with van der Waals surface area (Å²) in [4.78, 5) is 11.7. The van der Waals surface area contributed by atoms with Crippen LogP contribution in [0.1, 0.15) is 35.9 Å². The lowest BCUT2D eigenvalue weighted by Crippen LogP contribution is -2.07. The molecule has 2 aromatic rings. The topological polar surface area (TPSA) is 53.4 Å². The second kappa shape index (κ2) is 5.77. The van der Waals surface area contributed by atoms with E-state index in [9.17, 15) is 4.79 Å². The molecule has 1 aromatic heterocycles. The monoisotopic (exact) mass is 274 g/mol. The second-order valence-corrected chi connectivity index (χ2v) is 4.68. The molecule has 0 aliphatic rings. The summed E-state index contributed by atoms with van der Waals surface area (Å²) in [6.45, 7) is 4.09. The molecule has 0 N–H and O–H groups in total. The van der Waals surface area contributed by atoms with Gasteiger partial charge in [-0.15, -0.1) is 0 Å². The van der Waals surface area contributed by atoms with Gasteiger partial charge in [0.2, 0.25) is 0 Å². The first kappa shape index (κ1) is 14.1. The molecule has 0 radical (unpaired) electrons. The van der Waals surface area contributed by atoms with E-state index in [2.05, 4.69) is 5.10 Å². The lowest BCUT2D eigenvalue weighted by molar-refractivity contribution is 0.0593. The van der Waals surface area contributed by atoms with Gasteiger partial charge < -0.3 is 9.47 Å². The van der Waals surface area contributed by atoms with Gasteiger partial charge in [-0.2, -0.15) is 5.10 Å². The molecule has 2 rings (SSSR count). The molecule has 20 heavy (non-hydrogen) atoms. The first-order valence-electron chi connectivity index (χ1n) is 6.40. The van der Waals surface area contributed by atoms with E-state index in [1.807, 2.05) is 38.1 Å². The summed E-state index contributed by atoms with van der Waals surface area (Å²) in [6.07, 6.45) is 0. The van der Waals surface area contributed by atoms with Crippen LogP contribution in [0.25, 0.3) is 5.69 Å². The highest BCUT2D eigenvalue weighted by Gasteiger charge is 2.19. The Morgan fingerprint density at radius 3 is 2.55 bits per heavy atom. The molecule has 1 heterocycles. The first-order chi connectivity index (χ1) is 9.58. The molecule has 1 aromatic carbocycles. The average Bonchev–Trinajstić information content (AvgIpc) is 2.91. The summed E-state index contributed by atoms with van der Waals surface area (Å²) in [7, 11) is 2.96. The number of hydrogen-bond acceptors (Lipinski definition) is 4. The van der Waals surface area contributed by atoms with Gasteiger partial charge in [-0.1, -0.05) is 26.0 Å². The van der Waals surface area contributed by atoms with Gasteiger partial charge in [-0.3, -0.25) is 0 Å². The SMILES string of the molecule is COC(=O)c1cc(C(C)C)n(-c2ccccc2OC)n1. The maximum Gasteiger partial charge on any atom is 0.358 e. The van der Waals surface area contributed by atoms with Crippen molar-refractivity contribution in [1.82, 2.24) is 9.78 Å². The van der Waals surface area contributed by atoms with Crippen LogP contribution in [0.3, 0.4) is 0 Å². The van der Waals surface area contributed by atoms with Gasteiger partial charge >= 0.3 is 5.97 Å². The van der Waals surface area contributed by atoms with Crippen molar-refractivity contribution in [1.29, 1.82) is 0 Å². The Morgan fingerprint density at radius 1 is 1.25 bits per heavy atom. The van der Waals surface area contributed by atoms with Gasteiger partial charge in [0, 0.05) is 5.69 Å². The lowest BCUT2D eigenvalue weighted by Gasteiger charge is -2.13. The molecule has 0 aliphatic carbocycles. The summed E-state index contributed by atoms with van der Waals surface area (Å²) in [5.74, 6) is 0.472. The third-order valence-electron chi connectivity index (χ3n) is 3.04. The van der Waals surface area contributed by atoms with Crippen LogP contribution in [0.2, 0.25) is 0 Å². The third-order valence-corrected chi connectivity index (χ3v) is 3.04. The first-order valence-corrected chi connectivity index (χ1v) is 6.40. The lowest BCUT2D eigenvalue weighted by atomic mass is 10.1. The summed E-state index contributed by atoms with van der Waals surface area (Å²) >= 11 is 0. The normalized spacial score (nSPS) is 10.7. The molecule has 5 nitrogen and oxygen atoms in total. The molecule has 106 valence electrons. The van der Waals surface area contributed by atoms with Crippen LogP contribution in [0, 0.1) is 0 Å². The summed E-state index contributed by atoms with van der Waals surface area (Å²) in [5.41, 5.74) is 2.02. The Balaban J connectivity index is 2.60. The second-order valence-electron chi connectivity index (χ2n) is 4.68. The van der Waals surface area contributed by atoms with Crippen LogP contribution < -0.4 is 4.74 Å². The van der Waals surface area contributed by atoms with Crippen LogP contribution in [-0.2, 0) is 4.74 Å². The van der Waals surface area contributed by atoms with Crippen LogP contribution in [0.4, 0.5) is 0 Å². The van der Waals surface area contributed by atoms with E-state index in [1.54, 1.807) is 17.9 Å². The van der Waals surface area contributed by atoms with Crippen molar-refractivity contribution in [3.05, 3.63) is 41.7 Å². The maximum atomic E-state index is 11.7. The number of carbonyl (C=O) groups excluding carboxylic acids is 1. The molecule has 0 amide bonds. The fourth-order valence-electron chi connectivity index (χ4n) is 2.01. The Morgan fingerprint density at radius 2 is 1.95 bits per heavy atom. The predicted molar refractivity (Wildman–Crippen MR) is 75.5 cm³/mol. The fraction of sp³-hybridized carbons (Fsp3) is 0.333. The number of aromatic nitrogens is 2. The number of ether oxygens (including phenoxy) is 2. The number of para-hydroxylation sites is 2. The fourth-order valence-corrected chi connectivity index (χ4v) is 2.01. The molecule has 0 saturated heterocycles. The molecular formula is C15H18N2O3. The van der Waals surface area contributed by atoms with Crippen molar-refractivity contribution in [2.24, 2.45) is 0 Å². The standard InChI is InChI=1S/C15H18N2O3/c1-10(2)13-9-11(15(18)20-4)16-17(13)12-7-5-6-8-14(12)19-3/h5-10H,1-4H3. The van der Waals surface area contributed by atoms with E-state index < -0.39 is 5.97 Å². The van der Waals surface area contributed by atoms with Crippen molar-refractivity contribution in [2.75, 3.05) is 14.2 Å². The predicted octanol–water partition coefficient (Wildman–Crippen LogP) is 2.79. The highest BCUT2D eigenvalue weighted by Crippen LogP contribution is 2.27. The molecule has 0 bridgehead atoms. The number of rotatable bonds is 4. The molecule has 0 unspecified atom stereocenters. The zero-order chi connectivity index (χ0) is 14.7. The highest BCUT2D eigenvalue weighted by molar-refractivity contribution is 5.87. The Bertz CT molecular complexity index is 617. The summed E-state index contributed by atoms with van der Waals surface area (Å²) < 4.78 is 11.8. The molecule has 0 saturated carbocycles. The third kappa shape index (κ3) is 2.52. The maximum absolute atomic E-state index is 11.7. The zero-order valence-corrected chi connectivity index (χ0v) is 12.1. The molecule has 5 heteroatoms. The van der Waals surface area contributed by atoms with Gasteiger partial charge in [0.05, 0.1) is 14.2 Å². The Hall–Kier alpha value is -2.30. The number of carbonyl (C=O) groups is 1. The Labute approximate surface area is 118 Å². The van der Waals surface area contributed by atoms with E-state index >= 15 is 0 Å². The smallest absolute Gasteiger partial charge is 0.358 e. The quantitative estimate of drug-likeness (QED) is 0.804. The van der Waals surface area contributed by atoms with Crippen molar-refractivity contribution in [3.8, 4) is 11.4 Å². The van der Waals surface area contributed by atoms with Crippen molar-refractivity contribution >= 4 is 5.97 Å². The number of esters is 1. The van der Waals surface area contributed by atoms with Gasteiger partial charge in [-0.25, -0.2) is 9.48 Å². The van der Waals surface area contributed by atoms with Crippen LogP contribution in [0.5, 0.6) is 5.75 Å². The van der Waals surface area contributed by atoms with Gasteiger partial charge in [0.1, 0.15) is 11.4 Å². The van der Waals surface area contributed by atoms with Gasteiger partial charge in [-0.05, 0) is 24.1 Å². The largest absolute Gasteiger partial charge is 0.494 e. The van der Waals surface area contributed by atoms with Crippen molar-refractivity contribution in [2.45, 2.75) is 19.8 Å². The zero-order valence-electron chi connectivity index (χ0n) is 12.1. The average molecular weight is 274 g/mol. The molecule has 0 atom stereocenters. The Kier molecular flexibility index (Phi) is 4.08.